The number of carbonyl (C=O) groups is 1. The third-order valence-corrected chi connectivity index (χ3v) is 5.10. The van der Waals surface area contributed by atoms with Gasteiger partial charge in [-0.25, -0.2) is 0 Å². The maximum absolute atomic E-state index is 13.0. The molecule has 0 unspecified atom stereocenters. The quantitative estimate of drug-likeness (QED) is 0.551. The van der Waals surface area contributed by atoms with Gasteiger partial charge in [0.05, 0.1) is 17.8 Å². The van der Waals surface area contributed by atoms with Crippen LogP contribution in [0.3, 0.4) is 0 Å². The molecule has 0 saturated heterocycles. The number of halogens is 1. The molecule has 23 heavy (non-hydrogen) atoms. The monoisotopic (exact) mass is 434 g/mol. The Balaban J connectivity index is 1.88. The Labute approximate surface area is 153 Å². The van der Waals surface area contributed by atoms with E-state index in [1.165, 1.54) is 0 Å². The van der Waals surface area contributed by atoms with Crippen LogP contribution in [0.15, 0.2) is 65.5 Å². The second-order valence-corrected chi connectivity index (χ2v) is 7.04. The van der Waals surface area contributed by atoms with Crippen LogP contribution in [0.1, 0.15) is 21.6 Å². The molecule has 1 amide bonds. The summed E-state index contributed by atoms with van der Waals surface area (Å²) in [6.07, 6.45) is 1.76. The molecule has 0 fully saturated rings. The van der Waals surface area contributed by atoms with Gasteiger partial charge in [-0.15, -0.1) is 0 Å². The van der Waals surface area contributed by atoms with Gasteiger partial charge in [0.1, 0.15) is 0 Å². The van der Waals surface area contributed by atoms with Gasteiger partial charge in [-0.2, -0.15) is 11.3 Å². The van der Waals surface area contributed by atoms with E-state index in [-0.39, 0.29) is 5.91 Å². The minimum Gasteiger partial charge on any atom is -0.328 e. The van der Waals surface area contributed by atoms with E-state index in [0.717, 1.165) is 20.4 Å². The van der Waals surface area contributed by atoms with Crippen molar-refractivity contribution in [1.29, 1.82) is 0 Å². The van der Waals surface area contributed by atoms with Crippen LogP contribution in [0.5, 0.6) is 0 Å². The summed E-state index contributed by atoms with van der Waals surface area (Å²) < 4.78 is 0.964. The van der Waals surface area contributed by atoms with Crippen LogP contribution in [0.25, 0.3) is 0 Å². The second kappa shape index (κ2) is 7.70. The van der Waals surface area contributed by atoms with Gasteiger partial charge in [0.2, 0.25) is 0 Å². The smallest absolute Gasteiger partial charge is 0.255 e. The summed E-state index contributed by atoms with van der Waals surface area (Å²) in [7, 11) is 0. The van der Waals surface area contributed by atoms with Crippen LogP contribution < -0.4 is 0 Å². The number of aromatic nitrogens is 1. The average molecular weight is 434 g/mol. The molecule has 1 aromatic carbocycles. The topological polar surface area (TPSA) is 33.2 Å². The van der Waals surface area contributed by atoms with E-state index in [1.54, 1.807) is 17.5 Å². The van der Waals surface area contributed by atoms with Crippen molar-refractivity contribution in [2.75, 3.05) is 0 Å². The molecule has 3 aromatic rings. The lowest BCUT2D eigenvalue weighted by Crippen LogP contribution is -2.30. The number of thiophene rings is 1. The Morgan fingerprint density at radius 1 is 1.09 bits per heavy atom. The molecule has 0 N–H and O–H groups in total. The third kappa shape index (κ3) is 4.17. The minimum atomic E-state index is 0.0341. The highest BCUT2D eigenvalue weighted by Gasteiger charge is 2.19. The molecule has 0 aliphatic carbocycles. The van der Waals surface area contributed by atoms with Gasteiger partial charge in [-0.1, -0.05) is 18.2 Å². The standard InChI is InChI=1S/C18H15IN2OS/c19-17-7-2-1-6-16(17)18(22)21(11-14-8-10-23-13-14)12-15-5-3-4-9-20-15/h1-10,13H,11-12H2. The van der Waals surface area contributed by atoms with Crippen molar-refractivity contribution in [3.63, 3.8) is 0 Å². The Morgan fingerprint density at radius 3 is 2.61 bits per heavy atom. The zero-order valence-electron chi connectivity index (χ0n) is 12.4. The van der Waals surface area contributed by atoms with Gasteiger partial charge in [0.15, 0.2) is 0 Å². The fourth-order valence-corrected chi connectivity index (χ4v) is 3.57. The van der Waals surface area contributed by atoms with Gasteiger partial charge in [-0.3, -0.25) is 9.78 Å². The number of amides is 1. The molecule has 0 radical (unpaired) electrons. The lowest BCUT2D eigenvalue weighted by atomic mass is 10.1. The summed E-state index contributed by atoms with van der Waals surface area (Å²) >= 11 is 3.85. The van der Waals surface area contributed by atoms with E-state index >= 15 is 0 Å². The molecule has 0 bridgehead atoms. The summed E-state index contributed by atoms with van der Waals surface area (Å²) in [5.74, 6) is 0.0341. The van der Waals surface area contributed by atoms with Crippen LogP contribution in [0.2, 0.25) is 0 Å². The van der Waals surface area contributed by atoms with Crippen molar-refractivity contribution in [3.05, 3.63) is 85.9 Å². The number of rotatable bonds is 5. The molecular formula is C18H15IN2OS. The number of nitrogens with zero attached hydrogens (tertiary/aromatic N) is 2. The highest BCUT2D eigenvalue weighted by Crippen LogP contribution is 2.18. The van der Waals surface area contributed by atoms with E-state index in [1.807, 2.05) is 52.7 Å². The van der Waals surface area contributed by atoms with Crippen molar-refractivity contribution in [2.24, 2.45) is 0 Å². The first-order valence-electron chi connectivity index (χ1n) is 7.19. The van der Waals surface area contributed by atoms with E-state index < -0.39 is 0 Å². The van der Waals surface area contributed by atoms with Crippen LogP contribution >= 0.6 is 33.9 Å². The molecular weight excluding hydrogens is 419 g/mol. The summed E-state index contributed by atoms with van der Waals surface area (Å²) in [4.78, 5) is 19.2. The van der Waals surface area contributed by atoms with Gasteiger partial charge < -0.3 is 4.90 Å². The molecule has 0 aliphatic heterocycles. The zero-order valence-corrected chi connectivity index (χ0v) is 15.3. The summed E-state index contributed by atoms with van der Waals surface area (Å²) in [5.41, 5.74) is 2.77. The predicted molar refractivity (Wildman–Crippen MR) is 101 cm³/mol. The van der Waals surface area contributed by atoms with Crippen LogP contribution in [0.4, 0.5) is 0 Å². The molecule has 5 heteroatoms. The highest BCUT2D eigenvalue weighted by molar-refractivity contribution is 14.1. The summed E-state index contributed by atoms with van der Waals surface area (Å²) in [6.45, 7) is 1.09. The number of carbonyl (C=O) groups excluding carboxylic acids is 1. The third-order valence-electron chi connectivity index (χ3n) is 3.42. The first-order valence-corrected chi connectivity index (χ1v) is 9.21. The Hall–Kier alpha value is -1.73. The summed E-state index contributed by atoms with van der Waals surface area (Å²) in [6, 6.07) is 15.5. The first kappa shape index (κ1) is 16.1. The maximum atomic E-state index is 13.0. The van der Waals surface area contributed by atoms with Crippen molar-refractivity contribution in [3.8, 4) is 0 Å². The number of hydrogen-bond acceptors (Lipinski definition) is 3. The molecule has 0 saturated carbocycles. The molecule has 2 heterocycles. The lowest BCUT2D eigenvalue weighted by Gasteiger charge is -2.22. The maximum Gasteiger partial charge on any atom is 0.255 e. The van der Waals surface area contributed by atoms with Gasteiger partial charge in [0, 0.05) is 16.3 Å². The van der Waals surface area contributed by atoms with E-state index in [9.17, 15) is 4.79 Å². The van der Waals surface area contributed by atoms with Crippen molar-refractivity contribution < 1.29 is 4.79 Å². The number of hydrogen-bond donors (Lipinski definition) is 0. The Kier molecular flexibility index (Phi) is 5.40. The van der Waals surface area contributed by atoms with Crippen molar-refractivity contribution >= 4 is 39.8 Å². The number of benzene rings is 1. The molecule has 0 aliphatic rings. The largest absolute Gasteiger partial charge is 0.328 e. The minimum absolute atomic E-state index is 0.0341. The van der Waals surface area contributed by atoms with Crippen LogP contribution in [-0.4, -0.2) is 15.8 Å². The van der Waals surface area contributed by atoms with E-state index in [0.29, 0.717) is 13.1 Å². The molecule has 0 spiro atoms. The average Bonchev–Trinajstić information content (AvgIpc) is 3.08. The Morgan fingerprint density at radius 2 is 1.91 bits per heavy atom. The molecule has 2 aromatic heterocycles. The molecule has 0 atom stereocenters. The fourth-order valence-electron chi connectivity index (χ4n) is 2.29. The van der Waals surface area contributed by atoms with Crippen molar-refractivity contribution in [2.45, 2.75) is 13.1 Å². The van der Waals surface area contributed by atoms with Gasteiger partial charge in [-0.05, 0) is 69.2 Å². The predicted octanol–water partition coefficient (Wildman–Crippen LogP) is 4.59. The molecule has 3 nitrogen and oxygen atoms in total. The van der Waals surface area contributed by atoms with E-state index in [4.69, 9.17) is 0 Å². The second-order valence-electron chi connectivity index (χ2n) is 5.09. The number of pyridine rings is 1. The van der Waals surface area contributed by atoms with Gasteiger partial charge in [0.25, 0.3) is 5.91 Å². The Bertz CT molecular complexity index is 775. The van der Waals surface area contributed by atoms with Gasteiger partial charge >= 0.3 is 0 Å². The summed E-state index contributed by atoms with van der Waals surface area (Å²) in [5, 5.41) is 4.11. The highest BCUT2D eigenvalue weighted by atomic mass is 127. The SMILES string of the molecule is O=C(c1ccccc1I)N(Cc1ccsc1)Cc1ccccn1. The van der Waals surface area contributed by atoms with Crippen LogP contribution in [-0.2, 0) is 13.1 Å². The van der Waals surface area contributed by atoms with E-state index in [2.05, 4.69) is 39.0 Å². The van der Waals surface area contributed by atoms with Crippen LogP contribution in [0, 0.1) is 3.57 Å². The lowest BCUT2D eigenvalue weighted by molar-refractivity contribution is 0.0727. The first-order chi connectivity index (χ1) is 11.2. The van der Waals surface area contributed by atoms with Crippen molar-refractivity contribution in [1.82, 2.24) is 9.88 Å². The fraction of sp³-hybridized carbons (Fsp3) is 0.111. The molecule has 116 valence electrons. The molecule has 3 rings (SSSR count). The normalized spacial score (nSPS) is 10.5. The zero-order chi connectivity index (χ0) is 16.1.